The molecule has 1 atom stereocenters. The third kappa shape index (κ3) is 2.82. The summed E-state index contributed by atoms with van der Waals surface area (Å²) in [6.45, 7) is 0.419. The van der Waals surface area contributed by atoms with Crippen LogP contribution < -0.4 is 10.5 Å². The maximum absolute atomic E-state index is 11.4. The van der Waals surface area contributed by atoms with Crippen LogP contribution >= 0.6 is 0 Å². The van der Waals surface area contributed by atoms with Crippen LogP contribution in [0.25, 0.3) is 0 Å². The van der Waals surface area contributed by atoms with E-state index in [1.807, 2.05) is 18.2 Å². The highest BCUT2D eigenvalue weighted by Gasteiger charge is 2.19. The highest BCUT2D eigenvalue weighted by molar-refractivity contribution is 5.75. The molecule has 0 aromatic heterocycles. The Bertz CT molecular complexity index is 443. The number of rotatable bonds is 4. The van der Waals surface area contributed by atoms with E-state index in [1.54, 1.807) is 19.0 Å². The van der Waals surface area contributed by atoms with Gasteiger partial charge >= 0.3 is 0 Å². The molecular weight excluding hydrogens is 228 g/mol. The lowest BCUT2D eigenvalue weighted by Gasteiger charge is -2.12. The van der Waals surface area contributed by atoms with Gasteiger partial charge in [0, 0.05) is 20.1 Å². The van der Waals surface area contributed by atoms with Crippen molar-refractivity contribution < 1.29 is 9.53 Å². The van der Waals surface area contributed by atoms with Crippen molar-refractivity contribution in [2.45, 2.75) is 25.3 Å². The minimum absolute atomic E-state index is 0.0817. The van der Waals surface area contributed by atoms with E-state index in [9.17, 15) is 4.79 Å². The largest absolute Gasteiger partial charge is 0.493 e. The predicted molar refractivity (Wildman–Crippen MR) is 70.5 cm³/mol. The van der Waals surface area contributed by atoms with Crippen LogP contribution in [-0.4, -0.2) is 31.5 Å². The third-order valence-corrected chi connectivity index (χ3v) is 3.32. The standard InChI is InChI=1S/C14H20N2O2/c1-16(2)14(17)7-8-18-11-4-5-12-10(9-11)3-6-13(12)15/h4-5,9,13H,3,6-8,15H2,1-2H3/t13-/m0/s1. The Kier molecular flexibility index (Phi) is 3.87. The van der Waals surface area contributed by atoms with Gasteiger partial charge < -0.3 is 15.4 Å². The van der Waals surface area contributed by atoms with Gasteiger partial charge in [0.15, 0.2) is 0 Å². The van der Waals surface area contributed by atoms with E-state index < -0.39 is 0 Å². The van der Waals surface area contributed by atoms with E-state index in [2.05, 4.69) is 0 Å². The van der Waals surface area contributed by atoms with Gasteiger partial charge in [-0.15, -0.1) is 0 Å². The summed E-state index contributed by atoms with van der Waals surface area (Å²) in [5.74, 6) is 0.910. The molecule has 1 aliphatic carbocycles. The summed E-state index contributed by atoms with van der Waals surface area (Å²) in [5.41, 5.74) is 8.48. The zero-order valence-electron chi connectivity index (χ0n) is 11.0. The Morgan fingerprint density at radius 3 is 3.00 bits per heavy atom. The summed E-state index contributed by atoms with van der Waals surface area (Å²) in [4.78, 5) is 13.0. The lowest BCUT2D eigenvalue weighted by atomic mass is 10.1. The maximum Gasteiger partial charge on any atom is 0.225 e. The second kappa shape index (κ2) is 5.40. The number of ether oxygens (including phenoxy) is 1. The first-order valence-corrected chi connectivity index (χ1v) is 6.29. The molecule has 2 rings (SSSR count). The Morgan fingerprint density at radius 1 is 1.50 bits per heavy atom. The Labute approximate surface area is 108 Å². The number of benzene rings is 1. The quantitative estimate of drug-likeness (QED) is 0.878. The van der Waals surface area contributed by atoms with Gasteiger partial charge in [-0.2, -0.15) is 0 Å². The Balaban J connectivity index is 1.90. The van der Waals surface area contributed by atoms with Crippen LogP contribution in [0, 0.1) is 0 Å². The zero-order valence-corrected chi connectivity index (χ0v) is 11.0. The Hall–Kier alpha value is -1.55. The molecule has 0 fully saturated rings. The van der Waals surface area contributed by atoms with Gasteiger partial charge in [0.2, 0.25) is 5.91 Å². The van der Waals surface area contributed by atoms with Crippen molar-refractivity contribution in [1.82, 2.24) is 4.90 Å². The number of hydrogen-bond donors (Lipinski definition) is 1. The van der Waals surface area contributed by atoms with Gasteiger partial charge in [0.25, 0.3) is 0 Å². The van der Waals surface area contributed by atoms with Crippen molar-refractivity contribution in [3.63, 3.8) is 0 Å². The molecule has 0 radical (unpaired) electrons. The molecule has 0 unspecified atom stereocenters. The summed E-state index contributed by atoms with van der Waals surface area (Å²) in [6.07, 6.45) is 2.44. The number of amides is 1. The van der Waals surface area contributed by atoms with Gasteiger partial charge in [-0.3, -0.25) is 4.79 Å². The first-order valence-electron chi connectivity index (χ1n) is 6.29. The number of hydrogen-bond acceptors (Lipinski definition) is 3. The van der Waals surface area contributed by atoms with Crippen molar-refractivity contribution in [1.29, 1.82) is 0 Å². The van der Waals surface area contributed by atoms with Crippen molar-refractivity contribution >= 4 is 5.91 Å². The summed E-state index contributed by atoms with van der Waals surface area (Å²) in [7, 11) is 3.50. The summed E-state index contributed by atoms with van der Waals surface area (Å²) in [6, 6.07) is 6.19. The topological polar surface area (TPSA) is 55.6 Å². The van der Waals surface area contributed by atoms with Gasteiger partial charge in [-0.05, 0) is 36.1 Å². The molecule has 1 aromatic carbocycles. The van der Waals surface area contributed by atoms with Gasteiger partial charge in [-0.25, -0.2) is 0 Å². The molecule has 1 amide bonds. The van der Waals surface area contributed by atoms with E-state index in [4.69, 9.17) is 10.5 Å². The smallest absolute Gasteiger partial charge is 0.225 e. The van der Waals surface area contributed by atoms with Gasteiger partial charge in [-0.1, -0.05) is 6.07 Å². The number of aryl methyl sites for hydroxylation is 1. The summed E-state index contributed by atoms with van der Waals surface area (Å²) >= 11 is 0. The normalized spacial score (nSPS) is 17.4. The maximum atomic E-state index is 11.4. The first-order chi connectivity index (χ1) is 8.58. The molecule has 1 aliphatic rings. The summed E-state index contributed by atoms with van der Waals surface area (Å²) in [5, 5.41) is 0. The van der Waals surface area contributed by atoms with Crippen LogP contribution in [0.15, 0.2) is 18.2 Å². The molecule has 0 heterocycles. The number of nitrogens with two attached hydrogens (primary N) is 1. The SMILES string of the molecule is CN(C)C(=O)CCOc1ccc2c(c1)CC[C@@H]2N. The predicted octanol–water partition coefficient (Wildman–Crippen LogP) is 1.49. The van der Waals surface area contributed by atoms with Crippen LogP contribution in [0.4, 0.5) is 0 Å². The summed E-state index contributed by atoms with van der Waals surface area (Å²) < 4.78 is 5.60. The zero-order chi connectivity index (χ0) is 13.1. The molecule has 4 nitrogen and oxygen atoms in total. The lowest BCUT2D eigenvalue weighted by Crippen LogP contribution is -2.23. The third-order valence-electron chi connectivity index (χ3n) is 3.32. The van der Waals surface area contributed by atoms with Crippen LogP contribution in [0.3, 0.4) is 0 Å². The molecule has 1 aromatic rings. The minimum Gasteiger partial charge on any atom is -0.493 e. The number of nitrogens with zero attached hydrogens (tertiary/aromatic N) is 1. The molecule has 4 heteroatoms. The van der Waals surface area contributed by atoms with E-state index in [0.29, 0.717) is 13.0 Å². The average Bonchev–Trinajstić information content (AvgIpc) is 2.70. The second-order valence-corrected chi connectivity index (χ2v) is 4.89. The molecule has 2 N–H and O–H groups in total. The Morgan fingerprint density at radius 2 is 2.28 bits per heavy atom. The number of carbonyl (C=O) groups excluding carboxylic acids is 1. The highest BCUT2D eigenvalue weighted by atomic mass is 16.5. The molecule has 98 valence electrons. The second-order valence-electron chi connectivity index (χ2n) is 4.89. The van der Waals surface area contributed by atoms with Crippen molar-refractivity contribution in [2.75, 3.05) is 20.7 Å². The molecule has 0 aliphatic heterocycles. The van der Waals surface area contributed by atoms with Gasteiger partial charge in [0.1, 0.15) is 5.75 Å². The van der Waals surface area contributed by atoms with Crippen LogP contribution in [-0.2, 0) is 11.2 Å². The number of fused-ring (bicyclic) bond motifs is 1. The fourth-order valence-corrected chi connectivity index (χ4v) is 2.20. The van der Waals surface area contributed by atoms with E-state index in [-0.39, 0.29) is 11.9 Å². The number of carbonyl (C=O) groups is 1. The molecule has 0 saturated heterocycles. The molecule has 0 bridgehead atoms. The highest BCUT2D eigenvalue weighted by Crippen LogP contribution is 2.31. The fourth-order valence-electron chi connectivity index (χ4n) is 2.20. The van der Waals surface area contributed by atoms with Gasteiger partial charge in [0.05, 0.1) is 13.0 Å². The molecule has 0 spiro atoms. The first kappa shape index (κ1) is 12.9. The molecular formula is C14H20N2O2. The minimum atomic E-state index is 0.0817. The van der Waals surface area contributed by atoms with E-state index >= 15 is 0 Å². The van der Waals surface area contributed by atoms with E-state index in [0.717, 1.165) is 18.6 Å². The molecule has 18 heavy (non-hydrogen) atoms. The average molecular weight is 248 g/mol. The van der Waals surface area contributed by atoms with Crippen LogP contribution in [0.5, 0.6) is 5.75 Å². The van der Waals surface area contributed by atoms with E-state index in [1.165, 1.54) is 11.1 Å². The molecule has 0 saturated carbocycles. The lowest BCUT2D eigenvalue weighted by molar-refractivity contribution is -0.129. The van der Waals surface area contributed by atoms with Crippen LogP contribution in [0.1, 0.15) is 30.0 Å². The monoisotopic (exact) mass is 248 g/mol. The van der Waals surface area contributed by atoms with Crippen molar-refractivity contribution in [2.24, 2.45) is 5.73 Å². The van der Waals surface area contributed by atoms with Crippen molar-refractivity contribution in [3.8, 4) is 5.75 Å². The van der Waals surface area contributed by atoms with Crippen molar-refractivity contribution in [3.05, 3.63) is 29.3 Å². The van der Waals surface area contributed by atoms with Crippen LogP contribution in [0.2, 0.25) is 0 Å². The fraction of sp³-hybridized carbons (Fsp3) is 0.500.